The van der Waals surface area contributed by atoms with E-state index in [1.165, 1.54) is 12.3 Å². The molecule has 1 aliphatic heterocycles. The second-order valence-corrected chi connectivity index (χ2v) is 6.72. The normalized spacial score (nSPS) is 18.8. The third-order valence-corrected chi connectivity index (χ3v) is 4.76. The first-order valence-corrected chi connectivity index (χ1v) is 8.38. The van der Waals surface area contributed by atoms with Crippen LogP contribution in [0.5, 0.6) is 0 Å². The molecule has 0 atom stereocenters. The Bertz CT molecular complexity index is 768. The van der Waals surface area contributed by atoms with Crippen molar-refractivity contribution in [1.29, 1.82) is 0 Å². The average Bonchev–Trinajstić information content (AvgIpc) is 3.32. The molecule has 0 radical (unpaired) electrons. The second kappa shape index (κ2) is 6.01. The van der Waals surface area contributed by atoms with E-state index >= 15 is 0 Å². The molecule has 2 aliphatic rings. The highest BCUT2D eigenvalue weighted by atomic mass is 35.5. The van der Waals surface area contributed by atoms with Gasteiger partial charge < -0.3 is 9.42 Å². The van der Waals surface area contributed by atoms with Crippen molar-refractivity contribution in [2.45, 2.75) is 37.5 Å². The first kappa shape index (κ1) is 15.3. The van der Waals surface area contributed by atoms with E-state index in [1.807, 2.05) is 4.90 Å². The van der Waals surface area contributed by atoms with Gasteiger partial charge in [0.1, 0.15) is 0 Å². The first-order chi connectivity index (χ1) is 11.6. The van der Waals surface area contributed by atoms with Gasteiger partial charge in [-0.15, -0.1) is 0 Å². The Morgan fingerprint density at radius 1 is 1.25 bits per heavy atom. The van der Waals surface area contributed by atoms with Crippen LogP contribution in [0.1, 0.15) is 49.2 Å². The number of piperidine rings is 1. The number of rotatable bonds is 4. The molecule has 3 heterocycles. The molecule has 0 aromatic carbocycles. The van der Waals surface area contributed by atoms with E-state index in [-0.39, 0.29) is 16.6 Å². The number of halogens is 1. The van der Waals surface area contributed by atoms with E-state index in [2.05, 4.69) is 15.1 Å². The van der Waals surface area contributed by atoms with Gasteiger partial charge in [-0.25, -0.2) is 4.98 Å². The van der Waals surface area contributed by atoms with Gasteiger partial charge in [0.25, 0.3) is 0 Å². The molecule has 1 aliphatic carbocycles. The minimum absolute atomic E-state index is 0.0588. The third-order valence-electron chi connectivity index (χ3n) is 4.55. The molecule has 126 valence electrons. The Morgan fingerprint density at radius 3 is 2.67 bits per heavy atom. The molecular formula is C15H16ClN5O3. The van der Waals surface area contributed by atoms with Crippen LogP contribution in [0.2, 0.25) is 5.02 Å². The van der Waals surface area contributed by atoms with Crippen LogP contribution >= 0.6 is 11.6 Å². The Kier molecular flexibility index (Phi) is 3.84. The van der Waals surface area contributed by atoms with E-state index in [1.54, 1.807) is 0 Å². The second-order valence-electron chi connectivity index (χ2n) is 6.28. The minimum atomic E-state index is -0.443. The molecule has 0 bridgehead atoms. The highest BCUT2D eigenvalue weighted by Gasteiger charge is 2.33. The van der Waals surface area contributed by atoms with Gasteiger partial charge in [-0.1, -0.05) is 16.8 Å². The molecule has 0 N–H and O–H groups in total. The molecule has 0 amide bonds. The Labute approximate surface area is 143 Å². The van der Waals surface area contributed by atoms with Crippen LogP contribution in [-0.4, -0.2) is 33.1 Å². The lowest BCUT2D eigenvalue weighted by atomic mass is 9.96. The monoisotopic (exact) mass is 349 g/mol. The summed E-state index contributed by atoms with van der Waals surface area (Å²) in [5.41, 5.74) is -0.0588. The minimum Gasteiger partial charge on any atom is -0.351 e. The van der Waals surface area contributed by atoms with Crippen LogP contribution in [0.25, 0.3) is 0 Å². The fourth-order valence-electron chi connectivity index (χ4n) is 3.06. The fraction of sp³-hybridized carbons (Fsp3) is 0.533. The molecule has 2 fully saturated rings. The summed E-state index contributed by atoms with van der Waals surface area (Å²) in [5.74, 6) is 2.56. The Balaban J connectivity index is 1.46. The van der Waals surface area contributed by atoms with Crippen molar-refractivity contribution in [2.75, 3.05) is 18.0 Å². The van der Waals surface area contributed by atoms with Crippen molar-refractivity contribution in [3.63, 3.8) is 0 Å². The number of pyridine rings is 1. The number of nitro groups is 1. The molecule has 9 heteroatoms. The summed E-state index contributed by atoms with van der Waals surface area (Å²) in [5, 5.41) is 15.6. The molecule has 2 aromatic heterocycles. The molecule has 1 saturated carbocycles. The molecule has 0 unspecified atom stereocenters. The van der Waals surface area contributed by atoms with E-state index in [0.29, 0.717) is 24.8 Å². The first-order valence-electron chi connectivity index (χ1n) is 8.00. The van der Waals surface area contributed by atoms with Gasteiger partial charge >= 0.3 is 5.69 Å². The quantitative estimate of drug-likeness (QED) is 0.616. The standard InChI is InChI=1S/C15H16ClN5O3/c16-11-7-12(21(22)23)14(17-8-11)20-5-3-9(4-6-20)13-18-15(24-19-13)10-1-2-10/h7-10H,1-6H2. The Morgan fingerprint density at radius 2 is 2.00 bits per heavy atom. The maximum atomic E-state index is 11.2. The lowest BCUT2D eigenvalue weighted by molar-refractivity contribution is -0.384. The summed E-state index contributed by atoms with van der Waals surface area (Å²) in [4.78, 5) is 21.4. The van der Waals surface area contributed by atoms with Crippen molar-refractivity contribution in [3.8, 4) is 0 Å². The lowest BCUT2D eigenvalue weighted by Crippen LogP contribution is -2.34. The van der Waals surface area contributed by atoms with E-state index in [9.17, 15) is 10.1 Å². The van der Waals surface area contributed by atoms with Gasteiger partial charge in [-0.2, -0.15) is 4.98 Å². The zero-order valence-corrected chi connectivity index (χ0v) is 13.6. The van der Waals surface area contributed by atoms with Crippen molar-refractivity contribution in [2.24, 2.45) is 0 Å². The van der Waals surface area contributed by atoms with Crippen LogP contribution in [-0.2, 0) is 0 Å². The zero-order valence-electron chi connectivity index (χ0n) is 12.9. The van der Waals surface area contributed by atoms with Crippen LogP contribution < -0.4 is 4.90 Å². The molecule has 8 nitrogen and oxygen atoms in total. The molecule has 4 rings (SSSR count). The molecule has 2 aromatic rings. The summed E-state index contributed by atoms with van der Waals surface area (Å²) in [6.45, 7) is 1.32. The summed E-state index contributed by atoms with van der Waals surface area (Å²) in [6.07, 6.45) is 5.32. The predicted molar refractivity (Wildman–Crippen MR) is 86.4 cm³/mol. The van der Waals surface area contributed by atoms with Gasteiger partial charge in [0.05, 0.1) is 9.95 Å². The molecule has 24 heavy (non-hydrogen) atoms. The molecular weight excluding hydrogens is 334 g/mol. The zero-order chi connectivity index (χ0) is 16.7. The number of hydrogen-bond acceptors (Lipinski definition) is 7. The van der Waals surface area contributed by atoms with Crippen LogP contribution in [0.3, 0.4) is 0 Å². The van der Waals surface area contributed by atoms with Crippen LogP contribution in [0.15, 0.2) is 16.8 Å². The number of hydrogen-bond donors (Lipinski definition) is 0. The van der Waals surface area contributed by atoms with Crippen molar-refractivity contribution < 1.29 is 9.45 Å². The van der Waals surface area contributed by atoms with Crippen molar-refractivity contribution >= 4 is 23.1 Å². The summed E-state index contributed by atoms with van der Waals surface area (Å²) >= 11 is 5.82. The van der Waals surface area contributed by atoms with Crippen LogP contribution in [0, 0.1) is 10.1 Å². The Hall–Kier alpha value is -2.22. The van der Waals surface area contributed by atoms with Gasteiger partial charge in [0, 0.05) is 37.2 Å². The largest absolute Gasteiger partial charge is 0.351 e. The highest BCUT2D eigenvalue weighted by Crippen LogP contribution is 2.40. The highest BCUT2D eigenvalue weighted by molar-refractivity contribution is 6.30. The summed E-state index contributed by atoms with van der Waals surface area (Å²) < 4.78 is 5.33. The number of anilines is 1. The maximum Gasteiger partial charge on any atom is 0.313 e. The topological polar surface area (TPSA) is 98.2 Å². The molecule has 1 saturated heterocycles. The average molecular weight is 350 g/mol. The van der Waals surface area contributed by atoms with E-state index in [0.717, 1.165) is 37.4 Å². The van der Waals surface area contributed by atoms with Crippen molar-refractivity contribution in [1.82, 2.24) is 15.1 Å². The summed E-state index contributed by atoms with van der Waals surface area (Å²) in [7, 11) is 0. The van der Waals surface area contributed by atoms with Gasteiger partial charge in [-0.3, -0.25) is 10.1 Å². The smallest absolute Gasteiger partial charge is 0.313 e. The third kappa shape index (κ3) is 2.93. The van der Waals surface area contributed by atoms with Gasteiger partial charge in [-0.05, 0) is 25.7 Å². The van der Waals surface area contributed by atoms with Gasteiger partial charge in [0.2, 0.25) is 11.7 Å². The van der Waals surface area contributed by atoms with E-state index < -0.39 is 4.92 Å². The van der Waals surface area contributed by atoms with E-state index in [4.69, 9.17) is 16.1 Å². The lowest BCUT2D eigenvalue weighted by Gasteiger charge is -2.31. The van der Waals surface area contributed by atoms with Gasteiger partial charge in [0.15, 0.2) is 5.82 Å². The SMILES string of the molecule is O=[N+]([O-])c1cc(Cl)cnc1N1CCC(c2noc(C3CC3)n2)CC1. The molecule has 0 spiro atoms. The number of nitrogens with zero attached hydrogens (tertiary/aromatic N) is 5. The number of aromatic nitrogens is 3. The summed E-state index contributed by atoms with van der Waals surface area (Å²) in [6, 6.07) is 1.34. The maximum absolute atomic E-state index is 11.2. The van der Waals surface area contributed by atoms with Crippen molar-refractivity contribution in [3.05, 3.63) is 39.1 Å². The fourth-order valence-corrected chi connectivity index (χ4v) is 3.21. The van der Waals surface area contributed by atoms with Crippen LogP contribution in [0.4, 0.5) is 11.5 Å². The predicted octanol–water partition coefficient (Wildman–Crippen LogP) is 3.29.